The van der Waals surface area contributed by atoms with Crippen LogP contribution in [0.2, 0.25) is 0 Å². The average molecular weight is 315 g/mol. The van der Waals surface area contributed by atoms with Crippen molar-refractivity contribution in [3.05, 3.63) is 60.2 Å². The Hall–Kier alpha value is -2.56. The molecule has 0 saturated heterocycles. The number of aliphatic hydroxyl groups is 1. The summed E-state index contributed by atoms with van der Waals surface area (Å²) in [4.78, 5) is 12.8. The number of rotatable bonds is 4. The topological polar surface area (TPSA) is 58.4 Å². The van der Waals surface area contributed by atoms with E-state index < -0.39 is 5.91 Å². The number of aliphatic hydroxyl groups excluding tert-OH is 1. The summed E-state index contributed by atoms with van der Waals surface area (Å²) in [6.07, 6.45) is 14.4. The number of aromatic nitrogens is 2. The van der Waals surface area contributed by atoms with Crippen LogP contribution in [0.3, 0.4) is 0 Å². The predicted octanol–water partition coefficient (Wildman–Crippen LogP) is 3.34. The first kappa shape index (κ1) is 18.5. The van der Waals surface area contributed by atoms with Gasteiger partial charge in [0.05, 0.1) is 12.2 Å². The molecule has 1 amide bonds. The van der Waals surface area contributed by atoms with Crippen LogP contribution in [0, 0.1) is 0 Å². The fourth-order valence-corrected chi connectivity index (χ4v) is 1.88. The summed E-state index contributed by atoms with van der Waals surface area (Å²) in [5, 5.41) is 14.1. The van der Waals surface area contributed by atoms with E-state index in [-0.39, 0.29) is 5.76 Å². The Kier molecular flexibility index (Phi) is 7.60. The molecular formula is C18H25N3O2. The normalized spacial score (nSPS) is 13.7. The van der Waals surface area contributed by atoms with Crippen LogP contribution in [0.25, 0.3) is 5.57 Å². The van der Waals surface area contributed by atoms with Crippen molar-refractivity contribution in [2.75, 3.05) is 14.1 Å². The highest BCUT2D eigenvalue weighted by Crippen LogP contribution is 2.16. The van der Waals surface area contributed by atoms with Crippen LogP contribution in [-0.4, -0.2) is 39.8 Å². The second kappa shape index (κ2) is 9.46. The van der Waals surface area contributed by atoms with Crippen LogP contribution in [0.15, 0.2) is 54.5 Å². The van der Waals surface area contributed by atoms with Crippen LogP contribution < -0.4 is 0 Å². The standard InChI is InChI=1S/C16H19N3O2.C2H6/c1-18(2)16(21)15(20)10-12-19-11-9-14(17-19)13-7-5-3-4-6-8-13;1-2/h3-5,7-11,20H,6,12H2,1-2H3;1-2H3/b15-10+;. The number of nitrogens with zero attached hydrogens (tertiary/aromatic N) is 3. The van der Waals surface area contributed by atoms with Gasteiger partial charge in [-0.1, -0.05) is 44.2 Å². The van der Waals surface area contributed by atoms with Gasteiger partial charge < -0.3 is 10.0 Å². The smallest absolute Gasteiger partial charge is 0.287 e. The molecule has 1 aromatic heterocycles. The van der Waals surface area contributed by atoms with Crippen molar-refractivity contribution in [2.45, 2.75) is 26.8 Å². The lowest BCUT2D eigenvalue weighted by Gasteiger charge is -2.08. The van der Waals surface area contributed by atoms with Crippen LogP contribution in [0.1, 0.15) is 26.0 Å². The Bertz CT molecular complexity index is 634. The van der Waals surface area contributed by atoms with Gasteiger partial charge in [0.25, 0.3) is 5.91 Å². The third-order valence-electron chi connectivity index (χ3n) is 3.03. The second-order valence-electron chi connectivity index (χ2n) is 4.89. The van der Waals surface area contributed by atoms with E-state index in [1.54, 1.807) is 18.8 Å². The lowest BCUT2D eigenvalue weighted by atomic mass is 10.1. The summed E-state index contributed by atoms with van der Waals surface area (Å²) in [5.41, 5.74) is 1.94. The number of carbonyl (C=O) groups is 1. The maximum absolute atomic E-state index is 11.5. The van der Waals surface area contributed by atoms with Crippen molar-refractivity contribution in [3.63, 3.8) is 0 Å². The lowest BCUT2D eigenvalue weighted by Crippen LogP contribution is -2.23. The van der Waals surface area contributed by atoms with Gasteiger partial charge >= 0.3 is 0 Å². The highest BCUT2D eigenvalue weighted by atomic mass is 16.3. The van der Waals surface area contributed by atoms with Crippen LogP contribution in [0.5, 0.6) is 0 Å². The molecule has 23 heavy (non-hydrogen) atoms. The molecule has 1 heterocycles. The van der Waals surface area contributed by atoms with Crippen LogP contribution in [-0.2, 0) is 11.3 Å². The van der Waals surface area contributed by atoms with Crippen molar-refractivity contribution in [3.8, 4) is 0 Å². The van der Waals surface area contributed by atoms with Crippen molar-refractivity contribution in [1.82, 2.24) is 14.7 Å². The van der Waals surface area contributed by atoms with Crippen LogP contribution in [0.4, 0.5) is 0 Å². The first-order valence-electron chi connectivity index (χ1n) is 7.76. The third kappa shape index (κ3) is 5.62. The zero-order valence-corrected chi connectivity index (χ0v) is 14.2. The van der Waals surface area contributed by atoms with Gasteiger partial charge in [-0.3, -0.25) is 9.48 Å². The van der Waals surface area contributed by atoms with E-state index in [1.807, 2.05) is 44.3 Å². The van der Waals surface area contributed by atoms with Gasteiger partial charge in [0.15, 0.2) is 5.76 Å². The summed E-state index contributed by atoms with van der Waals surface area (Å²) in [6, 6.07) is 1.92. The van der Waals surface area contributed by atoms with Gasteiger partial charge in [-0.15, -0.1) is 0 Å². The summed E-state index contributed by atoms with van der Waals surface area (Å²) < 4.78 is 1.68. The minimum atomic E-state index is -0.414. The number of likely N-dealkylation sites (N-methyl/N-ethyl adjacent to an activating group) is 1. The first-order chi connectivity index (χ1) is 11.1. The Labute approximate surface area is 137 Å². The van der Waals surface area contributed by atoms with E-state index in [2.05, 4.69) is 17.3 Å². The zero-order valence-electron chi connectivity index (χ0n) is 14.2. The molecule has 1 aliphatic rings. The summed E-state index contributed by atoms with van der Waals surface area (Å²) in [7, 11) is 3.19. The van der Waals surface area contributed by atoms with E-state index in [4.69, 9.17) is 0 Å². The Morgan fingerprint density at radius 1 is 1.39 bits per heavy atom. The molecule has 1 aromatic rings. The molecule has 0 aliphatic heterocycles. The van der Waals surface area contributed by atoms with Crippen molar-refractivity contribution >= 4 is 11.5 Å². The number of hydrogen-bond donors (Lipinski definition) is 1. The molecule has 0 fully saturated rings. The molecule has 5 heteroatoms. The maximum Gasteiger partial charge on any atom is 0.287 e. The molecule has 0 atom stereocenters. The monoisotopic (exact) mass is 315 g/mol. The predicted molar refractivity (Wildman–Crippen MR) is 93.9 cm³/mol. The summed E-state index contributed by atoms with van der Waals surface area (Å²) >= 11 is 0. The minimum absolute atomic E-state index is 0.269. The van der Waals surface area contributed by atoms with Gasteiger partial charge in [-0.05, 0) is 24.1 Å². The molecule has 5 nitrogen and oxygen atoms in total. The lowest BCUT2D eigenvalue weighted by molar-refractivity contribution is -0.127. The number of allylic oxidation sites excluding steroid dienone is 7. The maximum atomic E-state index is 11.5. The van der Waals surface area contributed by atoms with Gasteiger partial charge in [-0.25, -0.2) is 0 Å². The molecular weight excluding hydrogens is 290 g/mol. The highest BCUT2D eigenvalue weighted by Gasteiger charge is 2.09. The average Bonchev–Trinajstić information content (AvgIpc) is 2.87. The molecule has 0 aromatic carbocycles. The first-order valence-corrected chi connectivity index (χ1v) is 7.76. The molecule has 0 radical (unpaired) electrons. The number of amides is 1. The van der Waals surface area contributed by atoms with Gasteiger partial charge in [-0.2, -0.15) is 5.10 Å². The second-order valence-corrected chi connectivity index (χ2v) is 4.89. The number of hydrogen-bond acceptors (Lipinski definition) is 3. The minimum Gasteiger partial charge on any atom is -0.503 e. The Morgan fingerprint density at radius 2 is 2.13 bits per heavy atom. The van der Waals surface area contributed by atoms with E-state index >= 15 is 0 Å². The quantitative estimate of drug-likeness (QED) is 0.685. The van der Waals surface area contributed by atoms with Crippen molar-refractivity contribution < 1.29 is 9.90 Å². The summed E-state index contributed by atoms with van der Waals surface area (Å²) in [5.74, 6) is -0.683. The number of carbonyl (C=O) groups excluding carboxylic acids is 1. The van der Waals surface area contributed by atoms with E-state index in [0.717, 1.165) is 17.7 Å². The molecule has 1 N–H and O–H groups in total. The fourth-order valence-electron chi connectivity index (χ4n) is 1.88. The van der Waals surface area contributed by atoms with Crippen molar-refractivity contribution in [2.24, 2.45) is 0 Å². The molecule has 0 bridgehead atoms. The van der Waals surface area contributed by atoms with E-state index in [0.29, 0.717) is 6.54 Å². The summed E-state index contributed by atoms with van der Waals surface area (Å²) in [6.45, 7) is 4.35. The largest absolute Gasteiger partial charge is 0.503 e. The van der Waals surface area contributed by atoms with Gasteiger partial charge in [0.1, 0.15) is 0 Å². The molecule has 2 rings (SSSR count). The SMILES string of the molecule is CC.CN(C)C(=O)/C(O)=C\Cn1ccc(C2=CCC=CC=C2)n1. The molecule has 1 aliphatic carbocycles. The van der Waals surface area contributed by atoms with E-state index in [9.17, 15) is 9.90 Å². The van der Waals surface area contributed by atoms with Crippen LogP contribution >= 0.6 is 0 Å². The third-order valence-corrected chi connectivity index (χ3v) is 3.03. The molecule has 124 valence electrons. The molecule has 0 unspecified atom stereocenters. The van der Waals surface area contributed by atoms with Crippen molar-refractivity contribution in [1.29, 1.82) is 0 Å². The Morgan fingerprint density at radius 3 is 2.83 bits per heavy atom. The van der Waals surface area contributed by atoms with Gasteiger partial charge in [0.2, 0.25) is 0 Å². The molecule has 0 saturated carbocycles. The van der Waals surface area contributed by atoms with Gasteiger partial charge in [0, 0.05) is 20.3 Å². The zero-order chi connectivity index (χ0) is 17.2. The highest BCUT2D eigenvalue weighted by molar-refractivity contribution is 5.90. The van der Waals surface area contributed by atoms with E-state index in [1.165, 1.54) is 11.0 Å². The fraction of sp³-hybridized carbons (Fsp3) is 0.333. The molecule has 0 spiro atoms. The Balaban J connectivity index is 0.00000127.